The predicted molar refractivity (Wildman–Crippen MR) is 155 cm³/mol. The van der Waals surface area contributed by atoms with E-state index in [9.17, 15) is 17.6 Å². The van der Waals surface area contributed by atoms with Crippen molar-refractivity contribution in [2.75, 3.05) is 66.7 Å². The molecule has 3 aromatic rings. The molecule has 3 saturated heterocycles. The van der Waals surface area contributed by atoms with E-state index in [-0.39, 0.29) is 23.2 Å². The van der Waals surface area contributed by atoms with Crippen molar-refractivity contribution in [2.45, 2.75) is 37.9 Å². The summed E-state index contributed by atoms with van der Waals surface area (Å²) in [7, 11) is -3.62. The van der Waals surface area contributed by atoms with Gasteiger partial charge in [-0.05, 0) is 43.9 Å². The fraction of sp³-hybridized carbons (Fsp3) is 0.519. The maximum absolute atomic E-state index is 14.1. The lowest BCUT2D eigenvalue weighted by molar-refractivity contribution is 0.0607. The summed E-state index contributed by atoms with van der Waals surface area (Å²) in [6, 6.07) is 8.06. The van der Waals surface area contributed by atoms with Crippen LogP contribution in [0.1, 0.15) is 47.8 Å². The van der Waals surface area contributed by atoms with Crippen molar-refractivity contribution in [3.8, 4) is 0 Å². The van der Waals surface area contributed by atoms with Crippen molar-refractivity contribution >= 4 is 50.5 Å². The van der Waals surface area contributed by atoms with Gasteiger partial charge in [0.15, 0.2) is 5.65 Å². The fourth-order valence-electron chi connectivity index (χ4n) is 5.85. The minimum Gasteiger partial charge on any atom is -0.378 e. The molecule has 3 aliphatic heterocycles. The monoisotopic (exact) mass is 605 g/mol. The van der Waals surface area contributed by atoms with Gasteiger partial charge in [-0.1, -0.05) is 11.6 Å². The molecular formula is C27H33ClFN7O4S. The van der Waals surface area contributed by atoms with Gasteiger partial charge < -0.3 is 19.4 Å². The molecule has 11 nitrogen and oxygen atoms in total. The van der Waals surface area contributed by atoms with Gasteiger partial charge in [0, 0.05) is 43.3 Å². The van der Waals surface area contributed by atoms with Gasteiger partial charge in [-0.3, -0.25) is 9.52 Å². The molecule has 0 radical (unpaired) electrons. The maximum atomic E-state index is 14.1. The number of hydrogen-bond acceptors (Lipinski definition) is 8. The highest BCUT2D eigenvalue weighted by atomic mass is 35.5. The van der Waals surface area contributed by atoms with Gasteiger partial charge in [-0.15, -0.1) is 0 Å². The molecule has 1 amide bonds. The Balaban J connectivity index is 1.39. The van der Waals surface area contributed by atoms with E-state index in [0.29, 0.717) is 81.0 Å². The Morgan fingerprint density at radius 3 is 2.61 bits per heavy atom. The SMILES string of the molecule is CS(=O)(=O)Nc1ccc(Cl)cc1C(=O)N1CCCCC1c1cc2nc(N3CCC(F)C3)cc(N3CCOCC3)n2n1. The normalized spacial score (nSPS) is 22.0. The summed E-state index contributed by atoms with van der Waals surface area (Å²) in [5.41, 5.74) is 1.69. The van der Waals surface area contributed by atoms with E-state index >= 15 is 0 Å². The predicted octanol–water partition coefficient (Wildman–Crippen LogP) is 3.51. The van der Waals surface area contributed by atoms with Crippen LogP contribution in [0.5, 0.6) is 0 Å². The van der Waals surface area contributed by atoms with Gasteiger partial charge >= 0.3 is 0 Å². The Kier molecular flexibility index (Phi) is 7.68. The number of hydrogen-bond donors (Lipinski definition) is 1. The number of likely N-dealkylation sites (tertiary alicyclic amines) is 1. The van der Waals surface area contributed by atoms with Gasteiger partial charge in [0.1, 0.15) is 17.8 Å². The Bertz CT molecular complexity index is 1560. The van der Waals surface area contributed by atoms with Crippen LogP contribution in [0.15, 0.2) is 30.3 Å². The molecule has 2 atom stereocenters. The lowest BCUT2D eigenvalue weighted by atomic mass is 9.98. The number of nitrogens with one attached hydrogen (secondary N) is 1. The lowest BCUT2D eigenvalue weighted by Crippen LogP contribution is -2.39. The van der Waals surface area contributed by atoms with E-state index in [4.69, 9.17) is 26.4 Å². The number of fused-ring (bicyclic) bond motifs is 1. The third kappa shape index (κ3) is 5.93. The molecule has 0 aliphatic carbocycles. The Morgan fingerprint density at radius 1 is 1.07 bits per heavy atom. The topological polar surface area (TPSA) is 112 Å². The number of rotatable bonds is 6. The number of sulfonamides is 1. The van der Waals surface area contributed by atoms with Crippen LogP contribution in [0.3, 0.4) is 0 Å². The van der Waals surface area contributed by atoms with Gasteiger partial charge in [0.2, 0.25) is 10.0 Å². The van der Waals surface area contributed by atoms with Crippen molar-refractivity contribution in [1.29, 1.82) is 0 Å². The van der Waals surface area contributed by atoms with Crippen LogP contribution < -0.4 is 14.5 Å². The second kappa shape index (κ2) is 11.3. The molecular weight excluding hydrogens is 573 g/mol. The Morgan fingerprint density at radius 2 is 1.88 bits per heavy atom. The number of halogens is 2. The van der Waals surface area contributed by atoms with E-state index in [1.807, 2.05) is 17.0 Å². The molecule has 41 heavy (non-hydrogen) atoms. The number of ether oxygens (including phenoxy) is 1. The summed E-state index contributed by atoms with van der Waals surface area (Å²) >= 11 is 6.23. The molecule has 14 heteroatoms. The molecule has 220 valence electrons. The highest BCUT2D eigenvalue weighted by Crippen LogP contribution is 2.35. The summed E-state index contributed by atoms with van der Waals surface area (Å²) in [6.07, 6.45) is 3.05. The maximum Gasteiger partial charge on any atom is 0.256 e. The molecule has 0 saturated carbocycles. The van der Waals surface area contributed by atoms with E-state index in [1.165, 1.54) is 12.1 Å². The van der Waals surface area contributed by atoms with Crippen LogP contribution in [0.2, 0.25) is 5.02 Å². The molecule has 1 aromatic carbocycles. The van der Waals surface area contributed by atoms with Crippen LogP contribution in [0, 0.1) is 0 Å². The van der Waals surface area contributed by atoms with Gasteiger partial charge in [0.05, 0.1) is 49.0 Å². The molecule has 3 fully saturated rings. The number of carbonyl (C=O) groups excluding carboxylic acids is 1. The van der Waals surface area contributed by atoms with E-state index in [2.05, 4.69) is 9.62 Å². The van der Waals surface area contributed by atoms with E-state index in [1.54, 1.807) is 15.5 Å². The van der Waals surface area contributed by atoms with Crippen molar-refractivity contribution in [1.82, 2.24) is 19.5 Å². The number of alkyl halides is 1. The molecule has 2 unspecified atom stereocenters. The summed E-state index contributed by atoms with van der Waals surface area (Å²) in [4.78, 5) is 24.7. The number of benzene rings is 1. The first-order valence-corrected chi connectivity index (χ1v) is 16.1. The van der Waals surface area contributed by atoms with Crippen LogP contribution in [-0.4, -0.2) is 92.2 Å². The third-order valence-electron chi connectivity index (χ3n) is 7.82. The lowest BCUT2D eigenvalue weighted by Gasteiger charge is -2.35. The molecule has 6 rings (SSSR count). The summed E-state index contributed by atoms with van der Waals surface area (Å²) in [5, 5.41) is 5.30. The molecule has 3 aliphatic rings. The largest absolute Gasteiger partial charge is 0.378 e. The van der Waals surface area contributed by atoms with Crippen LogP contribution in [0.4, 0.5) is 21.7 Å². The molecule has 2 aromatic heterocycles. The van der Waals surface area contributed by atoms with Gasteiger partial charge in [-0.25, -0.2) is 17.8 Å². The van der Waals surface area contributed by atoms with Crippen LogP contribution >= 0.6 is 11.6 Å². The summed E-state index contributed by atoms with van der Waals surface area (Å²) < 4.78 is 47.9. The highest BCUT2D eigenvalue weighted by Gasteiger charge is 2.33. The number of morpholine rings is 1. The average Bonchev–Trinajstić information content (AvgIpc) is 3.59. The van der Waals surface area contributed by atoms with Crippen molar-refractivity contribution in [2.24, 2.45) is 0 Å². The first-order valence-electron chi connectivity index (χ1n) is 13.9. The van der Waals surface area contributed by atoms with Crippen LogP contribution in [0.25, 0.3) is 5.65 Å². The van der Waals surface area contributed by atoms with E-state index in [0.717, 1.165) is 24.9 Å². The van der Waals surface area contributed by atoms with Gasteiger partial charge in [0.25, 0.3) is 5.91 Å². The zero-order chi connectivity index (χ0) is 28.7. The average molecular weight is 606 g/mol. The zero-order valence-corrected chi connectivity index (χ0v) is 24.4. The van der Waals surface area contributed by atoms with Crippen LogP contribution in [-0.2, 0) is 14.8 Å². The Hall–Kier alpha value is -3.16. The van der Waals surface area contributed by atoms with Crippen molar-refractivity contribution in [3.05, 3.63) is 46.6 Å². The van der Waals surface area contributed by atoms with E-state index < -0.39 is 16.2 Å². The first-order chi connectivity index (χ1) is 19.7. The number of carbonyl (C=O) groups is 1. The summed E-state index contributed by atoms with van der Waals surface area (Å²) in [6.45, 7) is 3.97. The first kappa shape index (κ1) is 28.0. The molecule has 1 N–H and O–H groups in total. The zero-order valence-electron chi connectivity index (χ0n) is 22.8. The number of piperidine rings is 1. The second-order valence-corrected chi connectivity index (χ2v) is 13.0. The van der Waals surface area contributed by atoms with Gasteiger partial charge in [-0.2, -0.15) is 9.61 Å². The number of nitrogens with zero attached hydrogens (tertiary/aromatic N) is 6. The smallest absolute Gasteiger partial charge is 0.256 e. The Labute approximate surface area is 243 Å². The third-order valence-corrected chi connectivity index (χ3v) is 8.64. The number of anilines is 3. The minimum absolute atomic E-state index is 0.180. The molecule has 5 heterocycles. The minimum atomic E-state index is -3.62. The second-order valence-electron chi connectivity index (χ2n) is 10.8. The van der Waals surface area contributed by atoms with Crippen molar-refractivity contribution in [3.63, 3.8) is 0 Å². The molecule has 0 bridgehead atoms. The number of amides is 1. The quantitative estimate of drug-likeness (QED) is 0.454. The fourth-order valence-corrected chi connectivity index (χ4v) is 6.60. The number of aromatic nitrogens is 3. The highest BCUT2D eigenvalue weighted by molar-refractivity contribution is 7.92. The van der Waals surface area contributed by atoms with Crippen molar-refractivity contribution < 1.29 is 22.3 Å². The standard InChI is InChI=1S/C27H33ClFN7O4S/c1-41(38,39)32-21-6-5-18(28)14-20(21)27(37)35-8-3-2-4-23(35)22-15-25-30-24(34-9-7-19(29)17-34)16-26(36(25)31-22)33-10-12-40-13-11-33/h5-6,14-16,19,23,32H,2-4,7-13,17H2,1H3. The summed E-state index contributed by atoms with van der Waals surface area (Å²) in [5.74, 6) is 1.23. The molecule has 0 spiro atoms.